The van der Waals surface area contributed by atoms with Gasteiger partial charge in [-0.25, -0.2) is 8.42 Å². The van der Waals surface area contributed by atoms with E-state index in [4.69, 9.17) is 0 Å². The van der Waals surface area contributed by atoms with Gasteiger partial charge in [-0.15, -0.1) is 0 Å². The number of nitrogens with zero attached hydrogens (tertiary/aromatic N) is 2. The van der Waals surface area contributed by atoms with Crippen LogP contribution in [0.2, 0.25) is 0 Å². The number of para-hydroxylation sites is 1. The highest BCUT2D eigenvalue weighted by atomic mass is 32.2. The third-order valence-electron chi connectivity index (χ3n) is 8.04. The molecule has 4 rings (SSSR count). The molecule has 2 aliphatic rings. The fourth-order valence-corrected chi connectivity index (χ4v) is 7.51. The Labute approximate surface area is 223 Å². The second kappa shape index (κ2) is 11.3. The number of likely N-dealkylation sites (tertiary alicyclic amines) is 1. The van der Waals surface area contributed by atoms with Crippen LogP contribution < -0.4 is 5.32 Å². The van der Waals surface area contributed by atoms with E-state index in [-0.39, 0.29) is 40.2 Å². The van der Waals surface area contributed by atoms with E-state index in [0.717, 1.165) is 12.5 Å². The summed E-state index contributed by atoms with van der Waals surface area (Å²) in [4.78, 5) is 17.7. The highest BCUT2D eigenvalue weighted by Gasteiger charge is 2.44. The van der Waals surface area contributed by atoms with Gasteiger partial charge in [-0.05, 0) is 76.8 Å². The average Bonchev–Trinajstić information content (AvgIpc) is 3.23. The molecule has 6 nitrogen and oxygen atoms in total. The first kappa shape index (κ1) is 28.4. The summed E-state index contributed by atoms with van der Waals surface area (Å²) in [5.74, 6) is -0.641. The molecule has 1 aliphatic carbocycles. The first-order valence-corrected chi connectivity index (χ1v) is 14.8. The molecular weight excluding hydrogens is 515 g/mol. The third-order valence-corrected chi connectivity index (χ3v) is 9.90. The van der Waals surface area contributed by atoms with Gasteiger partial charge in [-0.3, -0.25) is 4.79 Å². The molecule has 1 aliphatic heterocycles. The summed E-state index contributed by atoms with van der Waals surface area (Å²) in [6.45, 7) is 4.57. The number of hydrogen-bond acceptors (Lipinski definition) is 5. The van der Waals surface area contributed by atoms with Crippen molar-refractivity contribution in [3.8, 4) is 0 Å². The molecule has 1 amide bonds. The normalized spacial score (nSPS) is 24.8. The fourth-order valence-electron chi connectivity index (χ4n) is 5.82. The van der Waals surface area contributed by atoms with Gasteiger partial charge in [-0.1, -0.05) is 30.3 Å². The topological polar surface area (TPSA) is 69.7 Å². The molecule has 1 N–H and O–H groups in total. The number of halogens is 3. The molecule has 10 heteroatoms. The molecule has 2 aromatic carbocycles. The molecule has 2 aromatic rings. The number of amides is 1. The number of benzene rings is 2. The van der Waals surface area contributed by atoms with Crippen LogP contribution in [0.5, 0.6) is 0 Å². The van der Waals surface area contributed by atoms with Crippen LogP contribution in [0.3, 0.4) is 0 Å². The van der Waals surface area contributed by atoms with Crippen molar-refractivity contribution >= 4 is 21.4 Å². The van der Waals surface area contributed by atoms with Crippen LogP contribution in [0.4, 0.5) is 18.9 Å². The summed E-state index contributed by atoms with van der Waals surface area (Å²) in [5, 5.41) is 2.83. The molecule has 1 heterocycles. The number of hydrogen-bond donors (Lipinski definition) is 1. The Balaban J connectivity index is 1.56. The Morgan fingerprint density at radius 1 is 1.03 bits per heavy atom. The zero-order chi connectivity index (χ0) is 27.7. The second-order valence-electron chi connectivity index (χ2n) is 10.7. The first-order chi connectivity index (χ1) is 17.9. The number of nitrogens with one attached hydrogen (secondary N) is 1. The summed E-state index contributed by atoms with van der Waals surface area (Å²) in [5.41, 5.74) is -0.930. The summed E-state index contributed by atoms with van der Waals surface area (Å²) >= 11 is 0. The van der Waals surface area contributed by atoms with E-state index in [1.807, 2.05) is 7.05 Å². The minimum absolute atomic E-state index is 0.0805. The molecule has 1 saturated heterocycles. The average molecular weight is 552 g/mol. The van der Waals surface area contributed by atoms with Gasteiger partial charge >= 0.3 is 6.18 Å². The van der Waals surface area contributed by atoms with Gasteiger partial charge in [0.05, 0.1) is 16.2 Å². The molecule has 0 radical (unpaired) electrons. The van der Waals surface area contributed by atoms with Crippen molar-refractivity contribution in [2.24, 2.45) is 5.92 Å². The molecule has 4 atom stereocenters. The largest absolute Gasteiger partial charge is 0.418 e. The van der Waals surface area contributed by atoms with Gasteiger partial charge in [0.15, 0.2) is 9.84 Å². The Kier molecular flexibility index (Phi) is 8.42. The Hall–Kier alpha value is -2.59. The van der Waals surface area contributed by atoms with Crippen molar-refractivity contribution in [3.63, 3.8) is 0 Å². The summed E-state index contributed by atoms with van der Waals surface area (Å²) < 4.78 is 67.2. The smallest absolute Gasteiger partial charge is 0.373 e. The lowest BCUT2D eigenvalue weighted by atomic mass is 9.81. The van der Waals surface area contributed by atoms with E-state index in [2.05, 4.69) is 24.1 Å². The van der Waals surface area contributed by atoms with Crippen molar-refractivity contribution in [1.82, 2.24) is 9.80 Å². The molecule has 208 valence electrons. The van der Waals surface area contributed by atoms with E-state index in [9.17, 15) is 26.4 Å². The number of carbonyl (C=O) groups excluding carboxylic acids is 1. The molecule has 2 fully saturated rings. The number of anilines is 1. The van der Waals surface area contributed by atoms with Gasteiger partial charge in [-0.2, -0.15) is 13.2 Å². The minimum Gasteiger partial charge on any atom is -0.373 e. The van der Waals surface area contributed by atoms with Gasteiger partial charge in [0.2, 0.25) is 5.91 Å². The van der Waals surface area contributed by atoms with Crippen LogP contribution >= 0.6 is 0 Å². The lowest BCUT2D eigenvalue weighted by Gasteiger charge is -2.44. The van der Waals surface area contributed by atoms with Crippen LogP contribution in [0.15, 0.2) is 59.5 Å². The second-order valence-corrected chi connectivity index (χ2v) is 12.7. The Morgan fingerprint density at radius 2 is 1.68 bits per heavy atom. The predicted octanol–water partition coefficient (Wildman–Crippen LogP) is 5.07. The van der Waals surface area contributed by atoms with Crippen LogP contribution in [0.1, 0.15) is 45.1 Å². The number of carbonyl (C=O) groups is 1. The molecule has 0 aromatic heterocycles. The van der Waals surface area contributed by atoms with Crippen LogP contribution in [0.25, 0.3) is 0 Å². The summed E-state index contributed by atoms with van der Waals surface area (Å²) in [6, 6.07) is 12.9. The number of rotatable bonds is 8. The summed E-state index contributed by atoms with van der Waals surface area (Å²) in [6.07, 6.45) is -2.09. The van der Waals surface area contributed by atoms with Crippen molar-refractivity contribution in [2.45, 2.75) is 74.8 Å². The van der Waals surface area contributed by atoms with E-state index < -0.39 is 27.6 Å². The minimum atomic E-state index is -4.54. The number of sulfone groups is 1. The molecule has 38 heavy (non-hydrogen) atoms. The van der Waals surface area contributed by atoms with Crippen LogP contribution in [0, 0.1) is 5.92 Å². The predicted molar refractivity (Wildman–Crippen MR) is 141 cm³/mol. The quantitative estimate of drug-likeness (QED) is 0.496. The van der Waals surface area contributed by atoms with E-state index in [1.54, 1.807) is 35.2 Å². The lowest BCUT2D eigenvalue weighted by molar-refractivity contribution is -0.137. The van der Waals surface area contributed by atoms with Crippen molar-refractivity contribution in [2.75, 3.05) is 24.7 Å². The van der Waals surface area contributed by atoms with Gasteiger partial charge in [0.1, 0.15) is 6.04 Å². The van der Waals surface area contributed by atoms with Crippen molar-refractivity contribution < 1.29 is 26.4 Å². The van der Waals surface area contributed by atoms with Crippen molar-refractivity contribution in [1.29, 1.82) is 0 Å². The highest BCUT2D eigenvalue weighted by Crippen LogP contribution is 2.38. The Bertz CT molecular complexity index is 1220. The monoisotopic (exact) mass is 551 g/mol. The van der Waals surface area contributed by atoms with E-state index in [0.29, 0.717) is 31.8 Å². The van der Waals surface area contributed by atoms with E-state index >= 15 is 0 Å². The maximum Gasteiger partial charge on any atom is 0.418 e. The molecular formula is C28H36F3N3O3S. The van der Waals surface area contributed by atoms with E-state index in [1.165, 1.54) is 18.2 Å². The summed E-state index contributed by atoms with van der Waals surface area (Å²) in [7, 11) is -1.55. The standard InChI is InChI=1S/C28H36F3N3O3S/c1-19(2)33(3)21-13-14-26(20(17-21)18-38(36,37)22-9-5-4-6-10-22)34-16-15-25(27(34)35)32-24-12-8-7-11-23(24)28(29,30)31/h4-12,19-21,25-26,32H,13-18H2,1-3H3/t20-,21?,25?,26?/m0/s1. The molecule has 1 saturated carbocycles. The molecule has 0 bridgehead atoms. The van der Waals surface area contributed by atoms with Gasteiger partial charge in [0, 0.05) is 30.4 Å². The number of alkyl halides is 3. The zero-order valence-corrected chi connectivity index (χ0v) is 22.8. The Morgan fingerprint density at radius 3 is 2.34 bits per heavy atom. The lowest BCUT2D eigenvalue weighted by Crippen LogP contribution is -2.52. The fraction of sp³-hybridized carbons (Fsp3) is 0.536. The highest BCUT2D eigenvalue weighted by molar-refractivity contribution is 7.91. The van der Waals surface area contributed by atoms with Gasteiger partial charge in [0.25, 0.3) is 0 Å². The molecule has 3 unspecified atom stereocenters. The molecule has 0 spiro atoms. The van der Waals surface area contributed by atoms with Gasteiger partial charge < -0.3 is 15.1 Å². The van der Waals surface area contributed by atoms with Crippen LogP contribution in [-0.2, 0) is 20.8 Å². The zero-order valence-electron chi connectivity index (χ0n) is 22.0. The maximum atomic E-state index is 13.5. The van der Waals surface area contributed by atoms with Crippen LogP contribution in [-0.4, -0.2) is 67.6 Å². The van der Waals surface area contributed by atoms with Crippen molar-refractivity contribution in [3.05, 3.63) is 60.2 Å². The SMILES string of the molecule is CC(C)N(C)C1CCC(N2CCC(Nc3ccccc3C(F)(F)F)C2=O)[C@H](CS(=O)(=O)c2ccccc2)C1. The first-order valence-electron chi connectivity index (χ1n) is 13.1. The maximum absolute atomic E-state index is 13.5. The third kappa shape index (κ3) is 6.17.